The highest BCUT2D eigenvalue weighted by atomic mass is 35.5. The molecule has 0 radical (unpaired) electrons. The first-order valence-corrected chi connectivity index (χ1v) is 7.38. The van der Waals surface area contributed by atoms with Crippen molar-refractivity contribution in [3.05, 3.63) is 48.5 Å². The summed E-state index contributed by atoms with van der Waals surface area (Å²) in [5, 5.41) is 3.11. The van der Waals surface area contributed by atoms with Gasteiger partial charge in [-0.05, 0) is 37.4 Å². The second-order valence-electron chi connectivity index (χ2n) is 5.49. The average Bonchev–Trinajstić information content (AvgIpc) is 3.16. The minimum Gasteiger partial charge on any atom is -0.348 e. The molecule has 1 amide bonds. The molecule has 23 heavy (non-hydrogen) atoms. The number of hydrogen-bond donors (Lipinski definition) is 2. The van der Waals surface area contributed by atoms with Gasteiger partial charge < -0.3 is 11.1 Å². The maximum absolute atomic E-state index is 12.5. The fourth-order valence-electron chi connectivity index (χ4n) is 3.01. The van der Waals surface area contributed by atoms with E-state index in [0.29, 0.717) is 18.2 Å². The molecular weight excluding hydrogens is 335 g/mol. The van der Waals surface area contributed by atoms with Gasteiger partial charge in [-0.3, -0.25) is 9.36 Å². The van der Waals surface area contributed by atoms with Crippen molar-refractivity contribution < 1.29 is 4.79 Å². The SMILES string of the molecule is Cl.Cl.NCC1CCCC1NC(=O)c1cncn1-c1ccccc1. The van der Waals surface area contributed by atoms with E-state index >= 15 is 0 Å². The van der Waals surface area contributed by atoms with Crippen molar-refractivity contribution in [1.82, 2.24) is 14.9 Å². The lowest BCUT2D eigenvalue weighted by molar-refractivity contribution is 0.0922. The van der Waals surface area contributed by atoms with Gasteiger partial charge in [-0.15, -0.1) is 24.8 Å². The Kier molecular flexibility index (Phi) is 7.55. The third kappa shape index (κ3) is 4.25. The molecule has 2 atom stereocenters. The van der Waals surface area contributed by atoms with Crippen LogP contribution in [0.2, 0.25) is 0 Å². The first-order valence-electron chi connectivity index (χ1n) is 7.38. The molecule has 7 heteroatoms. The Morgan fingerprint density at radius 2 is 2.00 bits per heavy atom. The van der Waals surface area contributed by atoms with Crippen molar-refractivity contribution in [2.75, 3.05) is 6.54 Å². The van der Waals surface area contributed by atoms with Gasteiger partial charge in [0.1, 0.15) is 5.69 Å². The molecule has 2 aromatic rings. The number of benzene rings is 1. The molecule has 3 rings (SSSR count). The van der Waals surface area contributed by atoms with Crippen molar-refractivity contribution in [3.63, 3.8) is 0 Å². The molecule has 3 N–H and O–H groups in total. The standard InChI is InChI=1S/C16H20N4O.2ClH/c17-9-12-5-4-8-14(12)19-16(21)15-10-18-11-20(15)13-6-2-1-3-7-13;;/h1-3,6-7,10-12,14H,4-5,8-9,17H2,(H,19,21);2*1H. The quantitative estimate of drug-likeness (QED) is 0.883. The Hall–Kier alpha value is -1.56. The van der Waals surface area contributed by atoms with Gasteiger partial charge in [0.05, 0.1) is 12.5 Å². The summed E-state index contributed by atoms with van der Waals surface area (Å²) in [6.07, 6.45) is 6.51. The average molecular weight is 357 g/mol. The van der Waals surface area contributed by atoms with Crippen molar-refractivity contribution in [2.45, 2.75) is 25.3 Å². The van der Waals surface area contributed by atoms with Crippen molar-refractivity contribution in [2.24, 2.45) is 11.7 Å². The normalized spacial score (nSPS) is 19.5. The molecule has 1 aromatic heterocycles. The Morgan fingerprint density at radius 3 is 2.70 bits per heavy atom. The summed E-state index contributed by atoms with van der Waals surface area (Å²) in [5.74, 6) is 0.309. The van der Waals surface area contributed by atoms with Crippen LogP contribution in [-0.2, 0) is 0 Å². The fourth-order valence-corrected chi connectivity index (χ4v) is 3.01. The number of para-hydroxylation sites is 1. The zero-order valence-electron chi connectivity index (χ0n) is 12.7. The summed E-state index contributed by atoms with van der Waals surface area (Å²) in [6.45, 7) is 0.628. The summed E-state index contributed by atoms with van der Waals surface area (Å²) in [6, 6.07) is 9.93. The van der Waals surface area contributed by atoms with E-state index in [-0.39, 0.29) is 36.8 Å². The van der Waals surface area contributed by atoms with Crippen molar-refractivity contribution in [1.29, 1.82) is 0 Å². The van der Waals surface area contributed by atoms with E-state index in [1.54, 1.807) is 12.5 Å². The number of nitrogens with two attached hydrogens (primary N) is 1. The lowest BCUT2D eigenvalue weighted by Crippen LogP contribution is -2.40. The fraction of sp³-hybridized carbons (Fsp3) is 0.375. The highest BCUT2D eigenvalue weighted by molar-refractivity contribution is 5.93. The molecule has 1 aliphatic carbocycles. The van der Waals surface area contributed by atoms with Crippen LogP contribution in [0.25, 0.3) is 5.69 Å². The van der Waals surface area contributed by atoms with Crippen molar-refractivity contribution >= 4 is 30.7 Å². The Morgan fingerprint density at radius 1 is 1.26 bits per heavy atom. The van der Waals surface area contributed by atoms with Gasteiger partial charge in [-0.1, -0.05) is 24.6 Å². The predicted octanol–water partition coefficient (Wildman–Crippen LogP) is 2.57. The van der Waals surface area contributed by atoms with Gasteiger partial charge in [0, 0.05) is 11.7 Å². The summed E-state index contributed by atoms with van der Waals surface area (Å²) in [5.41, 5.74) is 7.26. The van der Waals surface area contributed by atoms with E-state index < -0.39 is 0 Å². The third-order valence-corrected chi connectivity index (χ3v) is 4.18. The topological polar surface area (TPSA) is 72.9 Å². The molecular formula is C16H22Cl2N4O. The van der Waals surface area contributed by atoms with Crippen LogP contribution >= 0.6 is 24.8 Å². The lowest BCUT2D eigenvalue weighted by atomic mass is 10.0. The number of aromatic nitrogens is 2. The zero-order chi connectivity index (χ0) is 14.7. The van der Waals surface area contributed by atoms with Gasteiger partial charge in [-0.25, -0.2) is 4.98 Å². The second kappa shape index (κ2) is 8.91. The maximum atomic E-state index is 12.5. The molecule has 1 fully saturated rings. The first kappa shape index (κ1) is 19.5. The monoisotopic (exact) mass is 356 g/mol. The highest BCUT2D eigenvalue weighted by Gasteiger charge is 2.28. The molecule has 1 saturated carbocycles. The number of amides is 1. The molecule has 0 bridgehead atoms. The summed E-state index contributed by atoms with van der Waals surface area (Å²) >= 11 is 0. The van der Waals surface area contributed by atoms with E-state index in [1.807, 2.05) is 34.9 Å². The van der Waals surface area contributed by atoms with Crippen LogP contribution in [0.3, 0.4) is 0 Å². The Balaban J connectivity index is 0.00000132. The van der Waals surface area contributed by atoms with Crippen LogP contribution < -0.4 is 11.1 Å². The number of carbonyl (C=O) groups excluding carboxylic acids is 1. The van der Waals surface area contributed by atoms with Gasteiger partial charge in [0.2, 0.25) is 0 Å². The summed E-state index contributed by atoms with van der Waals surface area (Å²) in [4.78, 5) is 16.6. The largest absolute Gasteiger partial charge is 0.348 e. The molecule has 1 aromatic carbocycles. The molecule has 1 heterocycles. The van der Waals surface area contributed by atoms with E-state index in [4.69, 9.17) is 5.73 Å². The first-order chi connectivity index (χ1) is 10.3. The molecule has 126 valence electrons. The van der Waals surface area contributed by atoms with E-state index in [9.17, 15) is 4.79 Å². The number of carbonyl (C=O) groups is 1. The maximum Gasteiger partial charge on any atom is 0.270 e. The van der Waals surface area contributed by atoms with E-state index in [0.717, 1.165) is 24.9 Å². The molecule has 1 aliphatic rings. The number of hydrogen-bond acceptors (Lipinski definition) is 3. The third-order valence-electron chi connectivity index (χ3n) is 4.18. The van der Waals surface area contributed by atoms with Crippen LogP contribution in [0.5, 0.6) is 0 Å². The lowest BCUT2D eigenvalue weighted by Gasteiger charge is -2.19. The highest BCUT2D eigenvalue weighted by Crippen LogP contribution is 2.25. The van der Waals surface area contributed by atoms with Crippen LogP contribution in [0, 0.1) is 5.92 Å². The Bertz CT molecular complexity index is 618. The second-order valence-corrected chi connectivity index (χ2v) is 5.49. The summed E-state index contributed by atoms with van der Waals surface area (Å²) < 4.78 is 1.81. The molecule has 0 aliphatic heterocycles. The predicted molar refractivity (Wildman–Crippen MR) is 95.7 cm³/mol. The van der Waals surface area contributed by atoms with Crippen LogP contribution in [0.1, 0.15) is 29.8 Å². The summed E-state index contributed by atoms with van der Waals surface area (Å²) in [7, 11) is 0. The molecule has 2 unspecified atom stereocenters. The number of imidazole rings is 1. The van der Waals surface area contributed by atoms with Crippen LogP contribution in [-0.4, -0.2) is 28.0 Å². The minimum atomic E-state index is -0.0818. The van der Waals surface area contributed by atoms with Gasteiger partial charge in [0.25, 0.3) is 5.91 Å². The number of nitrogens with zero attached hydrogens (tertiary/aromatic N) is 2. The minimum absolute atomic E-state index is 0. The van der Waals surface area contributed by atoms with Gasteiger partial charge >= 0.3 is 0 Å². The smallest absolute Gasteiger partial charge is 0.270 e. The van der Waals surface area contributed by atoms with E-state index in [2.05, 4.69) is 10.3 Å². The number of nitrogens with one attached hydrogen (secondary N) is 1. The zero-order valence-corrected chi connectivity index (χ0v) is 14.4. The van der Waals surface area contributed by atoms with Gasteiger partial charge in [0.15, 0.2) is 0 Å². The van der Waals surface area contributed by atoms with Crippen LogP contribution in [0.15, 0.2) is 42.9 Å². The molecule has 0 spiro atoms. The van der Waals surface area contributed by atoms with Gasteiger partial charge in [-0.2, -0.15) is 0 Å². The van der Waals surface area contributed by atoms with Crippen LogP contribution in [0.4, 0.5) is 0 Å². The van der Waals surface area contributed by atoms with E-state index in [1.165, 1.54) is 0 Å². The number of rotatable bonds is 4. The Labute approximate surface area is 148 Å². The number of halogens is 2. The molecule has 0 saturated heterocycles. The molecule has 5 nitrogen and oxygen atoms in total. The van der Waals surface area contributed by atoms with Crippen molar-refractivity contribution in [3.8, 4) is 5.69 Å².